The lowest BCUT2D eigenvalue weighted by Gasteiger charge is -2.30. The van der Waals surface area contributed by atoms with Gasteiger partial charge in [0.05, 0.1) is 18.0 Å². The Morgan fingerprint density at radius 3 is 2.57 bits per heavy atom. The Morgan fingerprint density at radius 1 is 1.21 bits per heavy atom. The zero-order chi connectivity index (χ0) is 20.3. The number of esters is 1. The van der Waals surface area contributed by atoms with Crippen LogP contribution in [0.2, 0.25) is 0 Å². The molecule has 1 heterocycles. The molecule has 0 saturated heterocycles. The van der Waals surface area contributed by atoms with Crippen molar-refractivity contribution >= 4 is 11.9 Å². The maximum atomic E-state index is 13.0. The number of hydrogen-bond donors (Lipinski definition) is 0. The normalized spacial score (nSPS) is 19.0. The van der Waals surface area contributed by atoms with Crippen LogP contribution in [0, 0.1) is 5.92 Å². The number of ether oxygens (including phenoxy) is 1. The summed E-state index contributed by atoms with van der Waals surface area (Å²) in [5.74, 6) is 0.152. The van der Waals surface area contributed by atoms with E-state index in [1.165, 1.54) is 16.8 Å². The van der Waals surface area contributed by atoms with Crippen molar-refractivity contribution in [2.45, 2.75) is 52.4 Å². The van der Waals surface area contributed by atoms with E-state index in [1.807, 2.05) is 30.3 Å². The number of aromatic nitrogens is 2. The predicted molar refractivity (Wildman–Crippen MR) is 109 cm³/mol. The van der Waals surface area contributed by atoms with E-state index in [9.17, 15) is 9.59 Å². The number of carbonyl (C=O) groups excluding carboxylic acids is 2. The molecule has 2 unspecified atom stereocenters. The lowest BCUT2D eigenvalue weighted by Crippen LogP contribution is -2.23. The molecule has 0 N–H and O–H groups in total. The molecule has 1 aromatic heterocycles. The molecule has 2 atom stereocenters. The van der Waals surface area contributed by atoms with Gasteiger partial charge in [-0.05, 0) is 31.6 Å². The highest BCUT2D eigenvalue weighted by Gasteiger charge is 2.35. The maximum Gasteiger partial charge on any atom is 0.330 e. The van der Waals surface area contributed by atoms with Crippen molar-refractivity contribution in [1.82, 2.24) is 9.78 Å². The monoisotopic (exact) mass is 380 g/mol. The Bertz CT molecular complexity index is 881. The second-order valence-electron chi connectivity index (χ2n) is 7.68. The van der Waals surface area contributed by atoms with Crippen LogP contribution in [0.25, 0.3) is 11.3 Å². The summed E-state index contributed by atoms with van der Waals surface area (Å²) < 4.78 is 6.39. The van der Waals surface area contributed by atoms with Crippen molar-refractivity contribution in [3.05, 3.63) is 53.7 Å². The van der Waals surface area contributed by atoms with Gasteiger partial charge in [0, 0.05) is 29.2 Å². The summed E-state index contributed by atoms with van der Waals surface area (Å²) in [6.07, 6.45) is 4.55. The lowest BCUT2D eigenvalue weighted by molar-refractivity contribution is -0.137. The number of hydrogen-bond acceptors (Lipinski definition) is 4. The third-order valence-corrected chi connectivity index (χ3v) is 5.42. The molecule has 2 aromatic rings. The van der Waals surface area contributed by atoms with Gasteiger partial charge in [0.15, 0.2) is 0 Å². The zero-order valence-corrected chi connectivity index (χ0v) is 17.0. The van der Waals surface area contributed by atoms with E-state index in [2.05, 4.69) is 20.8 Å². The fourth-order valence-electron chi connectivity index (χ4n) is 4.02. The first-order valence-electron chi connectivity index (χ1n) is 10.0. The Kier molecular flexibility index (Phi) is 6.12. The number of allylic oxidation sites excluding steroid dienone is 1. The van der Waals surface area contributed by atoms with Gasteiger partial charge in [0.2, 0.25) is 0 Å². The van der Waals surface area contributed by atoms with Crippen molar-refractivity contribution in [1.29, 1.82) is 0 Å². The summed E-state index contributed by atoms with van der Waals surface area (Å²) in [6, 6.07) is 9.99. The van der Waals surface area contributed by atoms with E-state index < -0.39 is 5.97 Å². The summed E-state index contributed by atoms with van der Waals surface area (Å²) >= 11 is 0. The molecule has 0 amide bonds. The standard InChI is InChI=1S/C23H28N2O3/c1-5-28-20(27)14-13-19(26)25-23-18(15(2)3)12-11-16(4)21(23)22(24-25)17-9-7-6-8-10-17/h6-10,13-16,18H,5,11-12H2,1-4H3. The highest BCUT2D eigenvalue weighted by molar-refractivity contribution is 5.96. The third kappa shape index (κ3) is 3.93. The van der Waals surface area contributed by atoms with E-state index >= 15 is 0 Å². The van der Waals surface area contributed by atoms with Gasteiger partial charge < -0.3 is 4.74 Å². The van der Waals surface area contributed by atoms with Crippen LogP contribution in [-0.4, -0.2) is 28.3 Å². The number of rotatable bonds is 5. The van der Waals surface area contributed by atoms with Crippen LogP contribution in [0.15, 0.2) is 42.5 Å². The smallest absolute Gasteiger partial charge is 0.330 e. The first kappa shape index (κ1) is 20.1. The minimum atomic E-state index is -0.520. The molecule has 0 spiro atoms. The number of carbonyl (C=O) groups is 2. The first-order valence-corrected chi connectivity index (χ1v) is 10.0. The second kappa shape index (κ2) is 8.55. The van der Waals surface area contributed by atoms with Gasteiger partial charge in [-0.1, -0.05) is 51.1 Å². The largest absolute Gasteiger partial charge is 0.463 e. The molecular formula is C23H28N2O3. The van der Waals surface area contributed by atoms with Crippen molar-refractivity contribution in [3.8, 4) is 11.3 Å². The highest BCUT2D eigenvalue weighted by atomic mass is 16.5. The van der Waals surface area contributed by atoms with E-state index in [4.69, 9.17) is 9.84 Å². The molecule has 148 valence electrons. The summed E-state index contributed by atoms with van der Waals surface area (Å²) in [4.78, 5) is 24.6. The minimum Gasteiger partial charge on any atom is -0.463 e. The fraction of sp³-hybridized carbons (Fsp3) is 0.435. The third-order valence-electron chi connectivity index (χ3n) is 5.42. The van der Waals surface area contributed by atoms with Gasteiger partial charge in [-0.3, -0.25) is 4.79 Å². The van der Waals surface area contributed by atoms with E-state index in [0.29, 0.717) is 11.8 Å². The second-order valence-corrected chi connectivity index (χ2v) is 7.68. The van der Waals surface area contributed by atoms with Gasteiger partial charge in [-0.2, -0.15) is 5.10 Å². The molecule has 0 radical (unpaired) electrons. The summed E-state index contributed by atoms with van der Waals surface area (Å²) in [6.45, 7) is 8.58. The Morgan fingerprint density at radius 2 is 1.93 bits per heavy atom. The van der Waals surface area contributed by atoms with Crippen molar-refractivity contribution in [3.63, 3.8) is 0 Å². The Balaban J connectivity index is 2.12. The number of fused-ring (bicyclic) bond motifs is 1. The number of nitrogens with zero attached hydrogens (tertiary/aromatic N) is 2. The van der Waals surface area contributed by atoms with Crippen LogP contribution in [-0.2, 0) is 9.53 Å². The molecule has 0 bridgehead atoms. The maximum absolute atomic E-state index is 13.0. The van der Waals surface area contributed by atoms with Gasteiger partial charge in [-0.15, -0.1) is 0 Å². The van der Waals surface area contributed by atoms with Crippen LogP contribution in [0.1, 0.15) is 68.4 Å². The quantitative estimate of drug-likeness (QED) is 0.544. The summed E-state index contributed by atoms with van der Waals surface area (Å²) in [5, 5.41) is 4.73. The fourth-order valence-corrected chi connectivity index (χ4v) is 4.02. The van der Waals surface area contributed by atoms with Crippen LogP contribution < -0.4 is 0 Å². The molecule has 5 heteroatoms. The van der Waals surface area contributed by atoms with Crippen LogP contribution in [0.5, 0.6) is 0 Å². The van der Waals surface area contributed by atoms with E-state index in [1.54, 1.807) is 6.92 Å². The first-order chi connectivity index (χ1) is 13.4. The van der Waals surface area contributed by atoms with Crippen molar-refractivity contribution < 1.29 is 14.3 Å². The SMILES string of the molecule is CCOC(=O)C=CC(=O)n1nc(-c2ccccc2)c2c1C(C(C)C)CCC2C. The van der Waals surface area contributed by atoms with Crippen LogP contribution in [0.4, 0.5) is 0 Å². The molecule has 1 aliphatic carbocycles. The molecule has 0 saturated carbocycles. The average molecular weight is 380 g/mol. The molecule has 1 aromatic carbocycles. The van der Waals surface area contributed by atoms with Gasteiger partial charge in [0.1, 0.15) is 0 Å². The van der Waals surface area contributed by atoms with Gasteiger partial charge in [-0.25, -0.2) is 9.48 Å². The highest BCUT2D eigenvalue weighted by Crippen LogP contribution is 2.46. The topological polar surface area (TPSA) is 61.2 Å². The van der Waals surface area contributed by atoms with Crippen molar-refractivity contribution in [2.24, 2.45) is 5.92 Å². The summed E-state index contributed by atoms with van der Waals surface area (Å²) in [5.41, 5.74) is 4.03. The Hall–Kier alpha value is -2.69. The van der Waals surface area contributed by atoms with Crippen LogP contribution in [0.3, 0.4) is 0 Å². The van der Waals surface area contributed by atoms with E-state index in [0.717, 1.165) is 35.4 Å². The predicted octanol–water partition coefficient (Wildman–Crippen LogP) is 4.95. The summed E-state index contributed by atoms with van der Waals surface area (Å²) in [7, 11) is 0. The molecule has 0 aliphatic heterocycles. The molecule has 28 heavy (non-hydrogen) atoms. The molecule has 3 rings (SSSR count). The van der Waals surface area contributed by atoms with Gasteiger partial charge >= 0.3 is 5.97 Å². The molecule has 1 aliphatic rings. The molecule has 0 fully saturated rings. The van der Waals surface area contributed by atoms with Crippen molar-refractivity contribution in [2.75, 3.05) is 6.61 Å². The lowest BCUT2D eigenvalue weighted by atomic mass is 9.75. The van der Waals surface area contributed by atoms with Gasteiger partial charge in [0.25, 0.3) is 5.91 Å². The number of benzene rings is 1. The molecule has 5 nitrogen and oxygen atoms in total. The average Bonchev–Trinajstić information content (AvgIpc) is 3.08. The molecular weight excluding hydrogens is 352 g/mol. The van der Waals surface area contributed by atoms with Crippen LogP contribution >= 0.6 is 0 Å². The zero-order valence-electron chi connectivity index (χ0n) is 17.0. The van der Waals surface area contributed by atoms with E-state index in [-0.39, 0.29) is 18.4 Å². The minimum absolute atomic E-state index is 0.260. The Labute approximate surface area is 166 Å².